The van der Waals surface area contributed by atoms with Crippen molar-refractivity contribution in [2.24, 2.45) is 0 Å². The zero-order valence-corrected chi connectivity index (χ0v) is 6.36. The Labute approximate surface area is 58.8 Å². The minimum atomic E-state index is -5.50. The van der Waals surface area contributed by atoms with Crippen molar-refractivity contribution in [1.29, 1.82) is 0 Å². The van der Waals surface area contributed by atoms with E-state index in [4.69, 9.17) is 15.9 Å². The summed E-state index contributed by atoms with van der Waals surface area (Å²) in [6.07, 6.45) is 0. The molecular weight excluding hydrogens is 139 g/mol. The summed E-state index contributed by atoms with van der Waals surface area (Å²) in [5, 5.41) is 0. The first-order valence-corrected chi connectivity index (χ1v) is 2.81. The van der Waals surface area contributed by atoms with E-state index in [9.17, 15) is 0 Å². The summed E-state index contributed by atoms with van der Waals surface area (Å²) in [6.45, 7) is 0. The van der Waals surface area contributed by atoms with E-state index in [0.717, 1.165) is 0 Å². The molecule has 0 radical (unpaired) electrons. The molecule has 0 unspecified atom stereocenters. The van der Waals surface area contributed by atoms with Crippen molar-refractivity contribution in [2.45, 2.75) is 0 Å². The van der Waals surface area contributed by atoms with E-state index >= 15 is 0 Å². The Bertz CT molecular complexity index is 90.7. The van der Waals surface area contributed by atoms with Gasteiger partial charge in [-0.1, -0.05) is 0 Å². The molecule has 0 bridgehead atoms. The van der Waals surface area contributed by atoms with Crippen LogP contribution in [0.2, 0.25) is 0 Å². The molecule has 4 nitrogen and oxygen atoms in total. The molecule has 0 aliphatic carbocycles. The molecule has 0 saturated carbocycles. The molecule has 1 N–H and O–H groups in total. The molecule has 0 atom stereocenters. The van der Waals surface area contributed by atoms with Gasteiger partial charge >= 0.3 is 59.1 Å². The second-order valence-electron chi connectivity index (χ2n) is 0.428. The molecule has 0 saturated heterocycles. The summed E-state index contributed by atoms with van der Waals surface area (Å²) in [7, 11) is 0. The Morgan fingerprint density at radius 1 is 1.50 bits per heavy atom. The zero-order chi connectivity index (χ0) is 4.50. The van der Waals surface area contributed by atoms with Gasteiger partial charge in [0.2, 0.25) is 0 Å². The van der Waals surface area contributed by atoms with Crippen LogP contribution in [0.3, 0.4) is 0 Å². The fourth-order valence-corrected chi connectivity index (χ4v) is 0. The molecule has 0 aliphatic heterocycles. The van der Waals surface area contributed by atoms with Gasteiger partial charge in [-0.15, -0.1) is 0 Å². The van der Waals surface area contributed by atoms with E-state index in [1.807, 2.05) is 0 Å². The van der Waals surface area contributed by atoms with Crippen molar-refractivity contribution < 1.29 is 59.1 Å². The fourth-order valence-electron chi connectivity index (χ4n) is 0. The van der Waals surface area contributed by atoms with Gasteiger partial charge < -0.3 is 0 Å². The van der Waals surface area contributed by atoms with Gasteiger partial charge in [0.1, 0.15) is 0 Å². The van der Waals surface area contributed by atoms with Crippen molar-refractivity contribution in [3.63, 3.8) is 0 Å². The standard InChI is InChI=1S/Cr.Na.H2O.3O/h;;1H2;;;/q2*+1;;;;-1/p-1. The monoisotopic (exact) mass is 140 g/mol. The SMILES string of the molecule is [Na+].[O]=[Cr](=[O])([O-])[OH]. The Morgan fingerprint density at radius 3 is 1.50 bits per heavy atom. The van der Waals surface area contributed by atoms with Crippen LogP contribution in [0.5, 0.6) is 0 Å². The maximum atomic E-state index is 8.70. The summed E-state index contributed by atoms with van der Waals surface area (Å²) in [5.41, 5.74) is 0. The van der Waals surface area contributed by atoms with Crippen LogP contribution in [0.4, 0.5) is 0 Å². The molecular formula is HCrNaO4. The predicted octanol–water partition coefficient (Wildman–Crippen LogP) is -4.98. The Hall–Kier alpha value is 1.05. The molecule has 0 aliphatic rings. The number of hydrogen-bond donors (Lipinski definition) is 1. The Kier molecular flexibility index (Phi) is 5.24. The molecule has 0 aromatic heterocycles. The summed E-state index contributed by atoms with van der Waals surface area (Å²) < 4.78 is 33.1. The van der Waals surface area contributed by atoms with E-state index in [0.29, 0.717) is 0 Å². The first kappa shape index (κ1) is 10.1. The van der Waals surface area contributed by atoms with E-state index in [1.165, 1.54) is 0 Å². The van der Waals surface area contributed by atoms with Crippen LogP contribution in [0.1, 0.15) is 0 Å². The normalized spacial score (nSPS) is 9.67. The van der Waals surface area contributed by atoms with Gasteiger partial charge in [0.05, 0.1) is 0 Å². The summed E-state index contributed by atoms with van der Waals surface area (Å²) in [5.74, 6) is 0. The van der Waals surface area contributed by atoms with Gasteiger partial charge in [-0.05, 0) is 0 Å². The second-order valence-corrected chi connectivity index (χ2v) is 1.76. The van der Waals surface area contributed by atoms with Gasteiger partial charge in [0.15, 0.2) is 0 Å². The van der Waals surface area contributed by atoms with Gasteiger partial charge in [0, 0.05) is 0 Å². The van der Waals surface area contributed by atoms with E-state index in [-0.39, 0.29) is 29.6 Å². The fraction of sp³-hybridized carbons (Fsp3) is 0. The van der Waals surface area contributed by atoms with Crippen molar-refractivity contribution >= 4 is 0 Å². The van der Waals surface area contributed by atoms with Gasteiger partial charge in [-0.2, -0.15) is 0 Å². The first-order chi connectivity index (χ1) is 2.00. The van der Waals surface area contributed by atoms with Crippen LogP contribution in [-0.4, -0.2) is 4.16 Å². The van der Waals surface area contributed by atoms with Crippen molar-refractivity contribution in [2.75, 3.05) is 0 Å². The quantitative estimate of drug-likeness (QED) is 0.342. The van der Waals surface area contributed by atoms with E-state index in [1.54, 1.807) is 0 Å². The third-order valence-electron chi connectivity index (χ3n) is 0. The Morgan fingerprint density at radius 2 is 1.50 bits per heavy atom. The van der Waals surface area contributed by atoms with Crippen LogP contribution in [0, 0.1) is 0 Å². The summed E-state index contributed by atoms with van der Waals surface area (Å²) in [6, 6.07) is 0. The van der Waals surface area contributed by atoms with Crippen molar-refractivity contribution in [3.05, 3.63) is 0 Å². The van der Waals surface area contributed by atoms with Gasteiger partial charge in [-0.3, -0.25) is 0 Å². The first-order valence-electron chi connectivity index (χ1n) is 0.683. The topological polar surface area (TPSA) is 77.4 Å². The molecule has 0 amide bonds. The number of hydrogen-bond acceptors (Lipinski definition) is 3. The third kappa shape index (κ3) is 74.9. The summed E-state index contributed by atoms with van der Waals surface area (Å²) in [4.78, 5) is 0. The number of rotatable bonds is 0. The van der Waals surface area contributed by atoms with Crippen molar-refractivity contribution in [1.82, 2.24) is 0 Å². The average Bonchev–Trinajstić information content (AvgIpc) is 0.722. The van der Waals surface area contributed by atoms with Gasteiger partial charge in [-0.25, -0.2) is 0 Å². The van der Waals surface area contributed by atoms with Crippen LogP contribution >= 0.6 is 0 Å². The van der Waals surface area contributed by atoms with Crippen LogP contribution < -0.4 is 33.7 Å². The molecule has 6 heteroatoms. The maximum absolute atomic E-state index is 8.70. The summed E-state index contributed by atoms with van der Waals surface area (Å²) >= 11 is -5.50. The molecule has 0 rings (SSSR count). The second kappa shape index (κ2) is 3.11. The molecule has 32 valence electrons. The van der Waals surface area contributed by atoms with Crippen LogP contribution in [-0.2, 0) is 21.2 Å². The van der Waals surface area contributed by atoms with Crippen LogP contribution in [0.25, 0.3) is 0 Å². The molecule has 0 fully saturated rings. The predicted molar refractivity (Wildman–Crippen MR) is 3.59 cm³/mol. The average molecular weight is 140 g/mol. The minimum absolute atomic E-state index is 0. The third-order valence-corrected chi connectivity index (χ3v) is 0. The molecule has 0 heterocycles. The van der Waals surface area contributed by atoms with Gasteiger partial charge in [0.25, 0.3) is 0 Å². The molecule has 0 aromatic rings. The van der Waals surface area contributed by atoms with E-state index in [2.05, 4.69) is 0 Å². The van der Waals surface area contributed by atoms with Crippen molar-refractivity contribution in [3.8, 4) is 0 Å². The molecule has 0 spiro atoms. The van der Waals surface area contributed by atoms with Crippen LogP contribution in [0.15, 0.2) is 0 Å². The zero-order valence-electron chi connectivity index (χ0n) is 3.08. The molecule has 0 aromatic carbocycles. The molecule has 6 heavy (non-hydrogen) atoms. The Balaban J connectivity index is 0. The van der Waals surface area contributed by atoms with E-state index < -0.39 is 13.6 Å².